The molecule has 1 aromatic rings. The van der Waals surface area contributed by atoms with Gasteiger partial charge < -0.3 is 20.7 Å². The molecule has 3 amide bonds. The molecule has 8 heteroatoms. The summed E-state index contributed by atoms with van der Waals surface area (Å²) >= 11 is 0. The summed E-state index contributed by atoms with van der Waals surface area (Å²) in [6.07, 6.45) is 4.02. The summed E-state index contributed by atoms with van der Waals surface area (Å²) < 4.78 is 19.2. The third-order valence-corrected chi connectivity index (χ3v) is 4.59. The highest BCUT2D eigenvalue weighted by Crippen LogP contribution is 2.26. The Bertz CT molecular complexity index is 755. The highest BCUT2D eigenvalue weighted by Gasteiger charge is 2.23. The van der Waals surface area contributed by atoms with Crippen LogP contribution in [-0.2, 0) is 14.3 Å². The van der Waals surface area contributed by atoms with Gasteiger partial charge in [-0.1, -0.05) is 19.3 Å². The van der Waals surface area contributed by atoms with Gasteiger partial charge in [0.2, 0.25) is 11.8 Å². The number of hydrogen-bond donors (Lipinski definition) is 3. The van der Waals surface area contributed by atoms with Crippen LogP contribution in [0.2, 0.25) is 0 Å². The summed E-state index contributed by atoms with van der Waals surface area (Å²) in [5, 5.41) is 7.67. The molecule has 0 unspecified atom stereocenters. The number of hydrogen-bond acceptors (Lipinski definition) is 4. The van der Waals surface area contributed by atoms with Crippen molar-refractivity contribution in [2.24, 2.45) is 5.92 Å². The normalized spacial score (nSPS) is 15.9. The van der Waals surface area contributed by atoms with Crippen LogP contribution < -0.4 is 16.0 Å². The quantitative estimate of drug-likeness (QED) is 0.682. The van der Waals surface area contributed by atoms with Crippen molar-refractivity contribution in [3.63, 3.8) is 0 Å². The molecule has 1 aliphatic rings. The van der Waals surface area contributed by atoms with Crippen LogP contribution in [0.4, 0.5) is 20.6 Å². The molecule has 0 saturated heterocycles. The van der Waals surface area contributed by atoms with Crippen LogP contribution in [0.3, 0.4) is 0 Å². The van der Waals surface area contributed by atoms with Gasteiger partial charge in [0.1, 0.15) is 17.5 Å². The molecule has 0 heterocycles. The monoisotopic (exact) mass is 407 g/mol. The van der Waals surface area contributed by atoms with Crippen LogP contribution in [0.15, 0.2) is 18.2 Å². The fourth-order valence-corrected chi connectivity index (χ4v) is 3.10. The van der Waals surface area contributed by atoms with Crippen LogP contribution in [0.5, 0.6) is 0 Å². The molecule has 2 rings (SSSR count). The molecule has 7 nitrogen and oxygen atoms in total. The van der Waals surface area contributed by atoms with Gasteiger partial charge in [-0.2, -0.15) is 0 Å². The van der Waals surface area contributed by atoms with Crippen molar-refractivity contribution in [3.8, 4) is 0 Å². The standard InChI is InChI=1S/C21H30FN3O4/c1-13(23-20(28)29-21(2,3)4)18(26)24-15-10-11-16(22)17(12-15)25-19(27)14-8-6-5-7-9-14/h10-14H,5-9H2,1-4H3,(H,23,28)(H,24,26)(H,25,27)/t13-/m1/s1. The van der Waals surface area contributed by atoms with Crippen LogP contribution in [-0.4, -0.2) is 29.6 Å². The number of anilines is 2. The van der Waals surface area contributed by atoms with Gasteiger partial charge in [-0.25, -0.2) is 9.18 Å². The molecule has 1 aliphatic carbocycles. The lowest BCUT2D eigenvalue weighted by Gasteiger charge is -2.22. The van der Waals surface area contributed by atoms with Crippen molar-refractivity contribution >= 4 is 29.3 Å². The maximum atomic E-state index is 14.1. The van der Waals surface area contributed by atoms with E-state index < -0.39 is 29.5 Å². The van der Waals surface area contributed by atoms with Gasteiger partial charge in [-0.05, 0) is 58.7 Å². The van der Waals surface area contributed by atoms with Gasteiger partial charge >= 0.3 is 6.09 Å². The van der Waals surface area contributed by atoms with Crippen molar-refractivity contribution in [3.05, 3.63) is 24.0 Å². The minimum Gasteiger partial charge on any atom is -0.444 e. The van der Waals surface area contributed by atoms with Gasteiger partial charge in [0.05, 0.1) is 5.69 Å². The number of nitrogens with one attached hydrogen (secondary N) is 3. The summed E-state index contributed by atoms with van der Waals surface area (Å²) in [5.41, 5.74) is -0.345. The number of rotatable bonds is 5. The van der Waals surface area contributed by atoms with Crippen molar-refractivity contribution in [2.75, 3.05) is 10.6 Å². The number of ether oxygens (including phenoxy) is 1. The molecule has 3 N–H and O–H groups in total. The number of amides is 3. The zero-order valence-corrected chi connectivity index (χ0v) is 17.4. The molecule has 0 aliphatic heterocycles. The molecule has 1 aromatic carbocycles. The first-order valence-corrected chi connectivity index (χ1v) is 9.96. The largest absolute Gasteiger partial charge is 0.444 e. The minimum absolute atomic E-state index is 0.0196. The Morgan fingerprint density at radius 2 is 1.76 bits per heavy atom. The van der Waals surface area contributed by atoms with E-state index in [1.54, 1.807) is 20.8 Å². The topological polar surface area (TPSA) is 96.5 Å². The smallest absolute Gasteiger partial charge is 0.408 e. The van der Waals surface area contributed by atoms with E-state index >= 15 is 0 Å². The summed E-state index contributed by atoms with van der Waals surface area (Å²) in [6.45, 7) is 6.67. The second-order valence-corrected chi connectivity index (χ2v) is 8.38. The molecular weight excluding hydrogens is 377 g/mol. The molecule has 1 atom stereocenters. The second kappa shape index (κ2) is 9.71. The van der Waals surface area contributed by atoms with Crippen LogP contribution in [0.25, 0.3) is 0 Å². The Morgan fingerprint density at radius 3 is 2.38 bits per heavy atom. The Kier molecular flexibility index (Phi) is 7.59. The Morgan fingerprint density at radius 1 is 1.10 bits per heavy atom. The van der Waals surface area contributed by atoms with E-state index in [1.807, 2.05) is 0 Å². The highest BCUT2D eigenvalue weighted by molar-refractivity contribution is 5.98. The lowest BCUT2D eigenvalue weighted by Crippen LogP contribution is -2.44. The molecule has 0 aromatic heterocycles. The van der Waals surface area contributed by atoms with Gasteiger partial charge in [0.25, 0.3) is 0 Å². The Hall–Kier alpha value is -2.64. The summed E-state index contributed by atoms with van der Waals surface area (Å²) in [7, 11) is 0. The van der Waals surface area contributed by atoms with Crippen molar-refractivity contribution in [1.29, 1.82) is 0 Å². The molecule has 0 bridgehead atoms. The number of halogens is 1. The van der Waals surface area contributed by atoms with Gasteiger partial charge in [0.15, 0.2) is 0 Å². The Labute approximate surface area is 170 Å². The van der Waals surface area contributed by atoms with Gasteiger partial charge in [0, 0.05) is 11.6 Å². The third kappa shape index (κ3) is 7.36. The molecule has 0 radical (unpaired) electrons. The fraction of sp³-hybridized carbons (Fsp3) is 0.571. The lowest BCUT2D eigenvalue weighted by molar-refractivity contribution is -0.120. The third-order valence-electron chi connectivity index (χ3n) is 4.59. The second-order valence-electron chi connectivity index (χ2n) is 8.38. The van der Waals surface area contributed by atoms with Crippen molar-refractivity contribution in [1.82, 2.24) is 5.32 Å². The predicted molar refractivity (Wildman–Crippen MR) is 109 cm³/mol. The molecule has 160 valence electrons. The first kappa shape index (κ1) is 22.6. The summed E-state index contributed by atoms with van der Waals surface area (Å²) in [5.74, 6) is -1.38. The van der Waals surface area contributed by atoms with E-state index in [0.29, 0.717) is 5.69 Å². The minimum atomic E-state index is -0.866. The lowest BCUT2D eigenvalue weighted by atomic mass is 9.88. The Balaban J connectivity index is 1.96. The molecule has 0 spiro atoms. The van der Waals surface area contributed by atoms with E-state index in [0.717, 1.165) is 32.1 Å². The van der Waals surface area contributed by atoms with E-state index in [9.17, 15) is 18.8 Å². The zero-order valence-electron chi connectivity index (χ0n) is 17.4. The van der Waals surface area contributed by atoms with Gasteiger partial charge in [-0.3, -0.25) is 9.59 Å². The van der Waals surface area contributed by atoms with Crippen LogP contribution in [0, 0.1) is 11.7 Å². The number of alkyl carbamates (subject to hydrolysis) is 1. The zero-order chi connectivity index (χ0) is 21.6. The number of benzene rings is 1. The molecular formula is C21H30FN3O4. The van der Waals surface area contributed by atoms with E-state index in [2.05, 4.69) is 16.0 Å². The van der Waals surface area contributed by atoms with E-state index in [4.69, 9.17) is 4.74 Å². The predicted octanol–water partition coefficient (Wildman–Crippen LogP) is 4.20. The maximum absolute atomic E-state index is 14.1. The molecule has 1 saturated carbocycles. The van der Waals surface area contributed by atoms with Crippen molar-refractivity contribution in [2.45, 2.75) is 71.4 Å². The van der Waals surface area contributed by atoms with Gasteiger partial charge in [-0.15, -0.1) is 0 Å². The fourth-order valence-electron chi connectivity index (χ4n) is 3.10. The molecule has 29 heavy (non-hydrogen) atoms. The number of carbonyl (C=O) groups is 3. The highest BCUT2D eigenvalue weighted by atomic mass is 19.1. The van der Waals surface area contributed by atoms with Crippen molar-refractivity contribution < 1.29 is 23.5 Å². The maximum Gasteiger partial charge on any atom is 0.408 e. The molecule has 1 fully saturated rings. The average molecular weight is 407 g/mol. The van der Waals surface area contributed by atoms with Crippen LogP contribution in [0.1, 0.15) is 59.8 Å². The first-order valence-electron chi connectivity index (χ1n) is 9.96. The summed E-state index contributed by atoms with van der Waals surface area (Å²) in [6, 6.07) is 3.07. The van der Waals surface area contributed by atoms with Crippen LogP contribution >= 0.6 is 0 Å². The van der Waals surface area contributed by atoms with E-state index in [-0.39, 0.29) is 17.5 Å². The SMILES string of the molecule is C[C@@H](NC(=O)OC(C)(C)C)C(=O)Nc1ccc(F)c(NC(=O)C2CCCCC2)c1. The average Bonchev–Trinajstić information content (AvgIpc) is 2.63. The first-order chi connectivity index (χ1) is 13.5. The number of carbonyl (C=O) groups excluding carboxylic acids is 3. The summed E-state index contributed by atoms with van der Waals surface area (Å²) in [4.78, 5) is 36.5. The van der Waals surface area contributed by atoms with E-state index in [1.165, 1.54) is 25.1 Å².